The molecule has 0 N–H and O–H groups in total. The van der Waals surface area contributed by atoms with Gasteiger partial charge in [-0.1, -0.05) is 17.7 Å². The molecule has 19 heavy (non-hydrogen) atoms. The molecule has 2 aliphatic rings. The number of aryl methyl sites for hydroxylation is 1. The van der Waals surface area contributed by atoms with Crippen LogP contribution in [-0.4, -0.2) is 38.6 Å². The molecule has 0 radical (unpaired) electrons. The number of rotatable bonds is 3. The smallest absolute Gasteiger partial charge is 0.297 e. The van der Waals surface area contributed by atoms with Crippen molar-refractivity contribution in [1.82, 2.24) is 4.90 Å². The zero-order valence-corrected chi connectivity index (χ0v) is 11.9. The summed E-state index contributed by atoms with van der Waals surface area (Å²) in [7, 11) is -3.63. The van der Waals surface area contributed by atoms with Gasteiger partial charge in [-0.2, -0.15) is 8.42 Å². The average Bonchev–Trinajstić information content (AvgIpc) is 2.95. The third-order valence-corrected chi connectivity index (χ3v) is 5.45. The minimum Gasteiger partial charge on any atom is -0.298 e. The van der Waals surface area contributed by atoms with E-state index >= 15 is 0 Å². The van der Waals surface area contributed by atoms with Crippen molar-refractivity contribution in [3.05, 3.63) is 29.8 Å². The Kier molecular flexibility index (Phi) is 3.37. The third-order valence-electron chi connectivity index (χ3n) is 4.10. The lowest BCUT2D eigenvalue weighted by atomic mass is 10.1. The first-order valence-corrected chi connectivity index (χ1v) is 8.21. The molecule has 1 aromatic rings. The van der Waals surface area contributed by atoms with Crippen LogP contribution >= 0.6 is 0 Å². The van der Waals surface area contributed by atoms with Gasteiger partial charge in [0.15, 0.2) is 0 Å². The highest BCUT2D eigenvalue weighted by atomic mass is 32.2. The molecule has 2 fully saturated rings. The predicted octanol–water partition coefficient (Wildman–Crippen LogP) is 1.94. The van der Waals surface area contributed by atoms with Crippen molar-refractivity contribution in [2.45, 2.75) is 43.2 Å². The Bertz CT molecular complexity index is 553. The van der Waals surface area contributed by atoms with Crippen LogP contribution in [0, 0.1) is 6.92 Å². The zero-order chi connectivity index (χ0) is 13.5. The van der Waals surface area contributed by atoms with E-state index in [-0.39, 0.29) is 11.0 Å². The molecule has 0 saturated carbocycles. The third kappa shape index (κ3) is 2.55. The van der Waals surface area contributed by atoms with Crippen molar-refractivity contribution in [3.63, 3.8) is 0 Å². The standard InChI is InChI=1S/C14H19NO3S/c1-11-4-6-12(7-5-11)19(16,17)18-14-8-10-15-9-2-3-13(14)15/h4-7,13-14H,2-3,8-10H2,1H3/t13-,14+/m0/s1. The highest BCUT2D eigenvalue weighted by Gasteiger charge is 2.40. The molecule has 0 spiro atoms. The summed E-state index contributed by atoms with van der Waals surface area (Å²) in [4.78, 5) is 2.60. The van der Waals surface area contributed by atoms with Crippen molar-refractivity contribution in [2.75, 3.05) is 13.1 Å². The lowest BCUT2D eigenvalue weighted by Crippen LogP contribution is -2.32. The van der Waals surface area contributed by atoms with E-state index in [1.807, 2.05) is 6.92 Å². The molecule has 4 nitrogen and oxygen atoms in total. The maximum Gasteiger partial charge on any atom is 0.297 e. The van der Waals surface area contributed by atoms with E-state index in [0.717, 1.165) is 37.9 Å². The summed E-state index contributed by atoms with van der Waals surface area (Å²) >= 11 is 0. The van der Waals surface area contributed by atoms with Gasteiger partial charge in [0.1, 0.15) is 0 Å². The second-order valence-electron chi connectivity index (χ2n) is 5.44. The minimum absolute atomic E-state index is 0.172. The zero-order valence-electron chi connectivity index (χ0n) is 11.1. The molecular formula is C14H19NO3S. The topological polar surface area (TPSA) is 46.6 Å². The fourth-order valence-corrected chi connectivity index (χ4v) is 4.20. The molecule has 0 aromatic heterocycles. The number of hydrogen-bond donors (Lipinski definition) is 0. The minimum atomic E-state index is -3.63. The van der Waals surface area contributed by atoms with Crippen molar-refractivity contribution in [3.8, 4) is 0 Å². The molecule has 0 bridgehead atoms. The second kappa shape index (κ2) is 4.89. The van der Waals surface area contributed by atoms with E-state index < -0.39 is 10.1 Å². The van der Waals surface area contributed by atoms with E-state index in [4.69, 9.17) is 4.18 Å². The summed E-state index contributed by atoms with van der Waals surface area (Å²) in [5, 5.41) is 0. The van der Waals surface area contributed by atoms with E-state index in [0.29, 0.717) is 6.04 Å². The molecule has 2 atom stereocenters. The Morgan fingerprint density at radius 3 is 2.63 bits per heavy atom. The molecule has 1 aromatic carbocycles. The number of fused-ring (bicyclic) bond motifs is 1. The van der Waals surface area contributed by atoms with Crippen LogP contribution in [0.1, 0.15) is 24.8 Å². The number of nitrogens with zero attached hydrogens (tertiary/aromatic N) is 1. The first-order valence-electron chi connectivity index (χ1n) is 6.80. The summed E-state index contributed by atoms with van der Waals surface area (Å²) in [6.07, 6.45) is 2.84. The number of hydrogen-bond acceptors (Lipinski definition) is 4. The monoisotopic (exact) mass is 281 g/mol. The summed E-state index contributed by atoms with van der Waals surface area (Å²) in [6, 6.07) is 7.12. The van der Waals surface area contributed by atoms with Crippen molar-refractivity contribution in [2.24, 2.45) is 0 Å². The summed E-state index contributed by atoms with van der Waals surface area (Å²) in [6.45, 7) is 3.97. The Hall–Kier alpha value is -0.910. The van der Waals surface area contributed by atoms with Crippen molar-refractivity contribution < 1.29 is 12.6 Å². The van der Waals surface area contributed by atoms with E-state index in [1.54, 1.807) is 24.3 Å². The number of benzene rings is 1. The van der Waals surface area contributed by atoms with E-state index in [2.05, 4.69) is 4.90 Å². The quantitative estimate of drug-likeness (QED) is 0.794. The van der Waals surface area contributed by atoms with E-state index in [1.165, 1.54) is 0 Å². The van der Waals surface area contributed by atoms with Gasteiger partial charge in [0.05, 0.1) is 11.0 Å². The highest BCUT2D eigenvalue weighted by molar-refractivity contribution is 7.86. The van der Waals surface area contributed by atoms with Gasteiger partial charge in [-0.05, 0) is 44.9 Å². The SMILES string of the molecule is Cc1ccc(S(=O)(=O)O[C@@H]2CCN3CCC[C@@H]23)cc1. The maximum atomic E-state index is 12.2. The Labute approximate surface area is 114 Å². The largest absolute Gasteiger partial charge is 0.298 e. The van der Waals surface area contributed by atoms with Gasteiger partial charge in [0.2, 0.25) is 0 Å². The molecule has 104 valence electrons. The van der Waals surface area contributed by atoms with Gasteiger partial charge in [0, 0.05) is 12.6 Å². The van der Waals surface area contributed by atoms with Gasteiger partial charge in [-0.25, -0.2) is 0 Å². The Morgan fingerprint density at radius 1 is 1.16 bits per heavy atom. The average molecular weight is 281 g/mol. The molecule has 0 aliphatic carbocycles. The van der Waals surface area contributed by atoms with Gasteiger partial charge in [-0.3, -0.25) is 9.08 Å². The highest BCUT2D eigenvalue weighted by Crippen LogP contribution is 2.32. The van der Waals surface area contributed by atoms with Crippen LogP contribution in [0.15, 0.2) is 29.2 Å². The summed E-state index contributed by atoms with van der Waals surface area (Å²) < 4.78 is 30.0. The van der Waals surface area contributed by atoms with Gasteiger partial charge < -0.3 is 0 Å². The normalized spacial score (nSPS) is 27.6. The van der Waals surface area contributed by atoms with Crippen molar-refractivity contribution >= 4 is 10.1 Å². The van der Waals surface area contributed by atoms with Gasteiger partial charge >= 0.3 is 0 Å². The van der Waals surface area contributed by atoms with Gasteiger partial charge in [-0.15, -0.1) is 0 Å². The van der Waals surface area contributed by atoms with Crippen LogP contribution < -0.4 is 0 Å². The first kappa shape index (κ1) is 13.1. The van der Waals surface area contributed by atoms with Crippen LogP contribution in [0.3, 0.4) is 0 Å². The predicted molar refractivity (Wildman–Crippen MR) is 72.4 cm³/mol. The molecular weight excluding hydrogens is 262 g/mol. The fourth-order valence-electron chi connectivity index (χ4n) is 3.07. The van der Waals surface area contributed by atoms with Gasteiger partial charge in [0.25, 0.3) is 10.1 Å². The van der Waals surface area contributed by atoms with Crippen molar-refractivity contribution in [1.29, 1.82) is 0 Å². The molecule has 2 heterocycles. The molecule has 2 saturated heterocycles. The maximum absolute atomic E-state index is 12.2. The molecule has 0 unspecified atom stereocenters. The van der Waals surface area contributed by atoms with E-state index in [9.17, 15) is 8.42 Å². The Morgan fingerprint density at radius 2 is 1.89 bits per heavy atom. The fraction of sp³-hybridized carbons (Fsp3) is 0.571. The first-order chi connectivity index (χ1) is 9.06. The molecule has 2 aliphatic heterocycles. The Balaban J connectivity index is 1.76. The molecule has 3 rings (SSSR count). The van der Waals surface area contributed by atoms with Crippen LogP contribution in [-0.2, 0) is 14.3 Å². The molecule has 0 amide bonds. The van der Waals surface area contributed by atoms with Crippen LogP contribution in [0.5, 0.6) is 0 Å². The summed E-state index contributed by atoms with van der Waals surface area (Å²) in [5.41, 5.74) is 1.04. The second-order valence-corrected chi connectivity index (χ2v) is 7.01. The lowest BCUT2D eigenvalue weighted by molar-refractivity contribution is 0.166. The van der Waals surface area contributed by atoms with Crippen LogP contribution in [0.25, 0.3) is 0 Å². The lowest BCUT2D eigenvalue weighted by Gasteiger charge is -2.20. The van der Waals surface area contributed by atoms with Crippen LogP contribution in [0.2, 0.25) is 0 Å². The van der Waals surface area contributed by atoms with Crippen LogP contribution in [0.4, 0.5) is 0 Å². The molecule has 5 heteroatoms. The summed E-state index contributed by atoms with van der Waals surface area (Å²) in [5.74, 6) is 0.